The van der Waals surface area contributed by atoms with Crippen LogP contribution in [0.15, 0.2) is 29.1 Å². The van der Waals surface area contributed by atoms with Gasteiger partial charge in [0.15, 0.2) is 17.5 Å². The van der Waals surface area contributed by atoms with Crippen LogP contribution in [0.5, 0.6) is 0 Å². The molecule has 2 aliphatic rings. The summed E-state index contributed by atoms with van der Waals surface area (Å²) in [5.74, 6) is -4.38. The summed E-state index contributed by atoms with van der Waals surface area (Å²) in [5.41, 5.74) is -0.476. The largest absolute Gasteiger partial charge is 0.339 e. The predicted octanol–water partition coefficient (Wildman–Crippen LogP) is 2.79. The molecule has 2 bridgehead atoms. The van der Waals surface area contributed by atoms with E-state index >= 15 is 0 Å². The van der Waals surface area contributed by atoms with Crippen molar-refractivity contribution < 1.29 is 18.0 Å². The zero-order valence-electron chi connectivity index (χ0n) is 16.8. The van der Waals surface area contributed by atoms with E-state index in [9.17, 15) is 28.0 Å². The molecule has 0 radical (unpaired) electrons. The second kappa shape index (κ2) is 7.64. The fraction of sp³-hybridized carbons (Fsp3) is 0.348. The summed E-state index contributed by atoms with van der Waals surface area (Å²) in [4.78, 5) is 27.4. The molecule has 32 heavy (non-hydrogen) atoms. The Balaban J connectivity index is 1.43. The van der Waals surface area contributed by atoms with Crippen molar-refractivity contribution in [2.75, 3.05) is 0 Å². The molecule has 3 N–H and O–H groups in total. The maximum Gasteiger partial charge on any atom is 0.256 e. The van der Waals surface area contributed by atoms with Crippen LogP contribution in [0.2, 0.25) is 0 Å². The zero-order valence-corrected chi connectivity index (χ0v) is 16.8. The van der Waals surface area contributed by atoms with Crippen molar-refractivity contribution in [3.05, 3.63) is 57.6 Å². The Morgan fingerprint density at radius 1 is 1.16 bits per heavy atom. The average molecular weight is 440 g/mol. The van der Waals surface area contributed by atoms with E-state index < -0.39 is 34.6 Å². The van der Waals surface area contributed by atoms with E-state index in [1.807, 2.05) is 0 Å². The number of nitriles is 1. The van der Waals surface area contributed by atoms with Gasteiger partial charge < -0.3 is 15.6 Å². The van der Waals surface area contributed by atoms with Crippen LogP contribution in [-0.2, 0) is 11.2 Å². The topological polar surface area (TPSA) is 97.8 Å². The normalized spacial score (nSPS) is 22.9. The lowest BCUT2D eigenvalue weighted by Crippen LogP contribution is -2.50. The number of H-pyrrole nitrogens is 1. The molecule has 2 aromatic carbocycles. The first-order valence-corrected chi connectivity index (χ1v) is 10.4. The number of halogens is 3. The number of carbonyl (C=O) groups excluding carboxylic acids is 1. The van der Waals surface area contributed by atoms with Crippen LogP contribution in [-0.4, -0.2) is 29.0 Å². The van der Waals surface area contributed by atoms with Gasteiger partial charge >= 0.3 is 0 Å². The molecule has 1 saturated carbocycles. The third-order valence-corrected chi connectivity index (χ3v) is 6.57. The van der Waals surface area contributed by atoms with Crippen LogP contribution in [0.1, 0.15) is 24.8 Å². The summed E-state index contributed by atoms with van der Waals surface area (Å²) in [7, 11) is 0. The Morgan fingerprint density at radius 3 is 2.66 bits per heavy atom. The van der Waals surface area contributed by atoms with Gasteiger partial charge in [0.05, 0.1) is 17.6 Å². The van der Waals surface area contributed by atoms with E-state index in [4.69, 9.17) is 0 Å². The average Bonchev–Trinajstić information content (AvgIpc) is 3.42. The summed E-state index contributed by atoms with van der Waals surface area (Å²) in [6.45, 7) is 0. The summed E-state index contributed by atoms with van der Waals surface area (Å²) >= 11 is 0. The van der Waals surface area contributed by atoms with Crippen molar-refractivity contribution in [3.8, 4) is 6.07 Å². The Hall–Kier alpha value is -3.38. The van der Waals surface area contributed by atoms with E-state index in [-0.39, 0.29) is 40.4 Å². The van der Waals surface area contributed by atoms with Crippen molar-refractivity contribution in [1.82, 2.24) is 15.6 Å². The van der Waals surface area contributed by atoms with E-state index in [1.54, 1.807) is 6.07 Å². The van der Waals surface area contributed by atoms with Gasteiger partial charge in [-0.3, -0.25) is 9.59 Å². The zero-order chi connectivity index (χ0) is 22.6. The number of aromatic amines is 1. The third-order valence-electron chi connectivity index (χ3n) is 6.57. The summed E-state index contributed by atoms with van der Waals surface area (Å²) in [6.07, 6.45) is 3.20. The molecule has 4 atom stereocenters. The van der Waals surface area contributed by atoms with Crippen LogP contribution >= 0.6 is 0 Å². The monoisotopic (exact) mass is 440 g/mol. The lowest BCUT2D eigenvalue weighted by atomic mass is 9.98. The lowest BCUT2D eigenvalue weighted by molar-refractivity contribution is -0.124. The van der Waals surface area contributed by atoms with E-state index in [1.165, 1.54) is 12.1 Å². The Kier molecular flexibility index (Phi) is 4.90. The van der Waals surface area contributed by atoms with Crippen LogP contribution in [0.25, 0.3) is 21.7 Å². The minimum atomic E-state index is -1.65. The highest BCUT2D eigenvalue weighted by atomic mass is 19.2. The van der Waals surface area contributed by atoms with Gasteiger partial charge in [0.1, 0.15) is 6.04 Å². The molecule has 9 heteroatoms. The minimum absolute atomic E-state index is 0.0371. The molecule has 2 heterocycles. The molecule has 1 aliphatic carbocycles. The maximum absolute atomic E-state index is 14.1. The first kappa shape index (κ1) is 20.5. The van der Waals surface area contributed by atoms with Crippen molar-refractivity contribution in [2.45, 2.75) is 43.8 Å². The smallest absolute Gasteiger partial charge is 0.256 e. The van der Waals surface area contributed by atoms with Gasteiger partial charge in [0.2, 0.25) is 5.91 Å². The molecular formula is C23H19F3N4O2. The number of nitrogens with one attached hydrogen (secondary N) is 3. The molecule has 1 unspecified atom stereocenters. The summed E-state index contributed by atoms with van der Waals surface area (Å²) in [5, 5.41) is 16.0. The Morgan fingerprint density at radius 2 is 1.97 bits per heavy atom. The fourth-order valence-corrected chi connectivity index (χ4v) is 5.03. The highest BCUT2D eigenvalue weighted by Crippen LogP contribution is 2.35. The van der Waals surface area contributed by atoms with E-state index in [0.717, 1.165) is 25.3 Å². The first-order chi connectivity index (χ1) is 15.4. The fourth-order valence-electron chi connectivity index (χ4n) is 5.03. The summed E-state index contributed by atoms with van der Waals surface area (Å²) < 4.78 is 41.4. The molecule has 3 aromatic rings. The first-order valence-electron chi connectivity index (χ1n) is 10.4. The van der Waals surface area contributed by atoms with Gasteiger partial charge in [0.25, 0.3) is 5.56 Å². The van der Waals surface area contributed by atoms with Crippen molar-refractivity contribution >= 4 is 27.6 Å². The molecular weight excluding hydrogens is 421 g/mol. The van der Waals surface area contributed by atoms with Crippen LogP contribution in [0, 0.1) is 34.7 Å². The number of piperidine rings is 1. The molecule has 164 valence electrons. The quantitative estimate of drug-likeness (QED) is 0.429. The Labute approximate surface area is 180 Å². The Bertz CT molecular complexity index is 1360. The number of amides is 1. The van der Waals surface area contributed by atoms with E-state index in [0.29, 0.717) is 11.6 Å². The number of benzene rings is 2. The minimum Gasteiger partial charge on any atom is -0.339 e. The van der Waals surface area contributed by atoms with Crippen molar-refractivity contribution in [3.63, 3.8) is 0 Å². The molecule has 1 saturated heterocycles. The number of fused-ring (bicyclic) bond motifs is 5. The van der Waals surface area contributed by atoms with E-state index in [2.05, 4.69) is 21.7 Å². The van der Waals surface area contributed by atoms with Crippen molar-refractivity contribution in [2.24, 2.45) is 5.92 Å². The molecule has 1 aliphatic heterocycles. The van der Waals surface area contributed by atoms with Gasteiger partial charge in [0, 0.05) is 23.2 Å². The van der Waals surface area contributed by atoms with Gasteiger partial charge in [-0.25, -0.2) is 13.2 Å². The maximum atomic E-state index is 14.1. The number of pyridine rings is 1. The number of hydrogen-bond acceptors (Lipinski definition) is 4. The molecule has 5 rings (SSSR count). The molecule has 1 aromatic heterocycles. The van der Waals surface area contributed by atoms with Gasteiger partial charge in [-0.1, -0.05) is 12.1 Å². The third kappa shape index (κ3) is 3.31. The number of hydrogen-bond donors (Lipinski definition) is 3. The predicted molar refractivity (Wildman–Crippen MR) is 111 cm³/mol. The van der Waals surface area contributed by atoms with Gasteiger partial charge in [-0.2, -0.15) is 5.26 Å². The lowest BCUT2D eigenvalue weighted by Gasteiger charge is -2.23. The molecule has 1 amide bonds. The highest BCUT2D eigenvalue weighted by Gasteiger charge is 2.43. The molecule has 2 fully saturated rings. The van der Waals surface area contributed by atoms with Gasteiger partial charge in [-0.05, 0) is 48.3 Å². The van der Waals surface area contributed by atoms with Crippen molar-refractivity contribution in [1.29, 1.82) is 5.26 Å². The standard InChI is InChI=1S/C23H19F3N4O2/c24-17-8-15-14-4-1-10(6-16(14)22(31)30-21(15)19(26)18(17)25)5-13(9-27)29-23(32)20-11-2-3-12(7-11)28-20/h1,4,6,8,11-13,20,28H,2-3,5,7H2,(H,29,32)(H,30,31)/t11-,12+,13?,20-/m0/s1. The number of aromatic nitrogens is 1. The van der Waals surface area contributed by atoms with Gasteiger partial charge in [-0.15, -0.1) is 0 Å². The molecule has 6 nitrogen and oxygen atoms in total. The number of nitrogens with zero attached hydrogens (tertiary/aromatic N) is 1. The van der Waals surface area contributed by atoms with Crippen LogP contribution in [0.3, 0.4) is 0 Å². The number of carbonyl (C=O) groups is 1. The SMILES string of the molecule is N#CC(Cc1ccc2c(c1)c(=O)[nH]c1c(F)c(F)c(F)cc12)NC(=O)[C@H]1N[C@@H]2CC[C@H]1C2. The van der Waals surface area contributed by atoms with Crippen LogP contribution < -0.4 is 16.2 Å². The second-order valence-electron chi connectivity index (χ2n) is 8.55. The second-order valence-corrected chi connectivity index (χ2v) is 8.55. The van der Waals surface area contributed by atoms with Crippen LogP contribution in [0.4, 0.5) is 13.2 Å². The highest BCUT2D eigenvalue weighted by molar-refractivity contribution is 6.05. The molecule has 0 spiro atoms. The number of rotatable bonds is 4. The summed E-state index contributed by atoms with van der Waals surface area (Å²) in [6, 6.07) is 6.82.